The fourth-order valence-electron chi connectivity index (χ4n) is 1.44. The van der Waals surface area contributed by atoms with Crippen LogP contribution in [0.4, 0.5) is 0 Å². The minimum Gasteiger partial charge on any atom is -0.497 e. The summed E-state index contributed by atoms with van der Waals surface area (Å²) in [6.45, 7) is 0. The van der Waals surface area contributed by atoms with E-state index >= 15 is 0 Å². The van der Waals surface area contributed by atoms with E-state index in [1.165, 1.54) is 10.6 Å². The van der Waals surface area contributed by atoms with Crippen molar-refractivity contribution in [3.63, 3.8) is 0 Å². The average Bonchev–Trinajstić information content (AvgIpc) is 2.35. The number of benzene rings is 1. The Morgan fingerprint density at radius 2 is 2.12 bits per heavy atom. The van der Waals surface area contributed by atoms with Gasteiger partial charge in [0.1, 0.15) is 5.75 Å². The number of halogens is 1. The highest BCUT2D eigenvalue weighted by Crippen LogP contribution is 2.21. The smallest absolute Gasteiger partial charge is 0.254 e. The lowest BCUT2D eigenvalue weighted by Crippen LogP contribution is -2.17. The van der Waals surface area contributed by atoms with Crippen LogP contribution in [0.3, 0.4) is 0 Å². The third-order valence-corrected chi connectivity index (χ3v) is 2.78. The fourth-order valence-corrected chi connectivity index (χ4v) is 1.62. The molecule has 2 aromatic rings. The van der Waals surface area contributed by atoms with Crippen LogP contribution in [0.1, 0.15) is 0 Å². The Morgan fingerprint density at radius 1 is 1.35 bits per heavy atom. The molecule has 0 saturated heterocycles. The van der Waals surface area contributed by atoms with E-state index in [1.54, 1.807) is 20.2 Å². The summed E-state index contributed by atoms with van der Waals surface area (Å²) in [5, 5.41) is 0.162. The largest absolute Gasteiger partial charge is 0.497 e. The average molecular weight is 251 g/mol. The van der Waals surface area contributed by atoms with Crippen LogP contribution in [0, 0.1) is 0 Å². The summed E-state index contributed by atoms with van der Waals surface area (Å²) in [4.78, 5) is 15.7. The first-order valence-electron chi connectivity index (χ1n) is 5.00. The van der Waals surface area contributed by atoms with Gasteiger partial charge in [0.15, 0.2) is 0 Å². The zero-order chi connectivity index (χ0) is 12.4. The summed E-state index contributed by atoms with van der Waals surface area (Å²) < 4.78 is 6.40. The van der Waals surface area contributed by atoms with Crippen LogP contribution in [0.25, 0.3) is 11.3 Å². The Morgan fingerprint density at radius 3 is 2.76 bits per heavy atom. The molecule has 0 unspecified atom stereocenters. The highest BCUT2D eigenvalue weighted by atomic mass is 35.5. The molecule has 0 fully saturated rings. The molecule has 0 spiro atoms. The van der Waals surface area contributed by atoms with Crippen molar-refractivity contribution in [3.05, 3.63) is 46.0 Å². The SMILES string of the molecule is COc1cccc(-c2cc(=O)n(C)c(Cl)n2)c1. The van der Waals surface area contributed by atoms with Gasteiger partial charge in [-0.25, -0.2) is 4.98 Å². The van der Waals surface area contributed by atoms with Crippen molar-refractivity contribution >= 4 is 11.6 Å². The van der Waals surface area contributed by atoms with Gasteiger partial charge >= 0.3 is 0 Å². The predicted molar refractivity (Wildman–Crippen MR) is 66.5 cm³/mol. The lowest BCUT2D eigenvalue weighted by molar-refractivity contribution is 0.415. The molecule has 1 heterocycles. The lowest BCUT2D eigenvalue weighted by Gasteiger charge is -2.06. The minimum absolute atomic E-state index is 0.162. The van der Waals surface area contributed by atoms with Gasteiger partial charge in [-0.15, -0.1) is 0 Å². The predicted octanol–water partition coefficient (Wildman–Crippen LogP) is 2.11. The van der Waals surface area contributed by atoms with Crippen LogP contribution in [0.2, 0.25) is 5.28 Å². The molecular formula is C12H11ClN2O2. The molecule has 0 N–H and O–H groups in total. The van der Waals surface area contributed by atoms with Gasteiger partial charge in [-0.2, -0.15) is 0 Å². The standard InChI is InChI=1S/C12H11ClN2O2/c1-15-11(16)7-10(14-12(15)13)8-4-3-5-9(6-8)17-2/h3-7H,1-2H3. The summed E-state index contributed by atoms with van der Waals surface area (Å²) in [5.74, 6) is 0.709. The van der Waals surface area contributed by atoms with Crippen LogP contribution < -0.4 is 10.3 Å². The molecular weight excluding hydrogens is 240 g/mol. The zero-order valence-corrected chi connectivity index (χ0v) is 10.2. The van der Waals surface area contributed by atoms with Gasteiger partial charge in [0.05, 0.1) is 12.8 Å². The molecule has 1 aromatic heterocycles. The van der Waals surface area contributed by atoms with Gasteiger partial charge in [0.2, 0.25) is 5.28 Å². The number of rotatable bonds is 2. The van der Waals surface area contributed by atoms with E-state index < -0.39 is 0 Å². The monoisotopic (exact) mass is 250 g/mol. The third-order valence-electron chi connectivity index (χ3n) is 2.45. The third kappa shape index (κ3) is 2.31. The molecule has 0 aliphatic heterocycles. The Balaban J connectivity index is 2.56. The second kappa shape index (κ2) is 4.59. The molecule has 1 aromatic carbocycles. The number of hydrogen-bond donors (Lipinski definition) is 0. The molecule has 0 radical (unpaired) electrons. The molecule has 0 aliphatic carbocycles. The quantitative estimate of drug-likeness (QED) is 0.767. The summed E-state index contributed by atoms with van der Waals surface area (Å²) >= 11 is 5.86. The maximum absolute atomic E-state index is 11.6. The number of nitrogens with zero attached hydrogens (tertiary/aromatic N) is 2. The van der Waals surface area contributed by atoms with Crippen LogP contribution in [0.15, 0.2) is 35.1 Å². The second-order valence-corrected chi connectivity index (χ2v) is 3.88. The minimum atomic E-state index is -0.192. The molecule has 4 nitrogen and oxygen atoms in total. The summed E-state index contributed by atoms with van der Waals surface area (Å²) in [6.07, 6.45) is 0. The molecule has 17 heavy (non-hydrogen) atoms. The number of methoxy groups -OCH3 is 1. The van der Waals surface area contributed by atoms with Gasteiger partial charge in [-0.3, -0.25) is 9.36 Å². The van der Waals surface area contributed by atoms with E-state index in [2.05, 4.69) is 4.98 Å². The highest BCUT2D eigenvalue weighted by Gasteiger charge is 2.06. The molecule has 0 amide bonds. The molecule has 0 aliphatic rings. The van der Waals surface area contributed by atoms with E-state index in [0.717, 1.165) is 5.56 Å². The van der Waals surface area contributed by atoms with Crippen molar-refractivity contribution in [2.45, 2.75) is 0 Å². The van der Waals surface area contributed by atoms with Gasteiger partial charge < -0.3 is 4.74 Å². The number of aromatic nitrogens is 2. The Kier molecular flexibility index (Phi) is 3.15. The number of hydrogen-bond acceptors (Lipinski definition) is 3. The fraction of sp³-hybridized carbons (Fsp3) is 0.167. The van der Waals surface area contributed by atoms with Crippen LogP contribution in [0.5, 0.6) is 5.75 Å². The van der Waals surface area contributed by atoms with E-state index in [0.29, 0.717) is 11.4 Å². The van der Waals surface area contributed by atoms with E-state index in [1.807, 2.05) is 18.2 Å². The van der Waals surface area contributed by atoms with E-state index in [9.17, 15) is 4.79 Å². The maximum atomic E-state index is 11.6. The molecule has 2 rings (SSSR count). The van der Waals surface area contributed by atoms with Crippen molar-refractivity contribution in [1.29, 1.82) is 0 Å². The van der Waals surface area contributed by atoms with Crippen molar-refractivity contribution in [3.8, 4) is 17.0 Å². The Labute approximate surface area is 103 Å². The van der Waals surface area contributed by atoms with Crippen molar-refractivity contribution in [2.75, 3.05) is 7.11 Å². The number of ether oxygens (including phenoxy) is 1. The Bertz CT molecular complexity index is 608. The van der Waals surface area contributed by atoms with Crippen LogP contribution >= 0.6 is 11.6 Å². The Hall–Kier alpha value is -1.81. The zero-order valence-electron chi connectivity index (χ0n) is 9.48. The highest BCUT2D eigenvalue weighted by molar-refractivity contribution is 6.28. The summed E-state index contributed by atoms with van der Waals surface area (Å²) in [5.41, 5.74) is 1.14. The lowest BCUT2D eigenvalue weighted by atomic mass is 10.1. The van der Waals surface area contributed by atoms with Gasteiger partial charge in [0, 0.05) is 18.7 Å². The van der Waals surface area contributed by atoms with Gasteiger partial charge in [0.25, 0.3) is 5.56 Å². The van der Waals surface area contributed by atoms with Gasteiger partial charge in [-0.1, -0.05) is 12.1 Å². The van der Waals surface area contributed by atoms with E-state index in [-0.39, 0.29) is 10.8 Å². The topological polar surface area (TPSA) is 44.1 Å². The molecule has 88 valence electrons. The van der Waals surface area contributed by atoms with Crippen molar-refractivity contribution in [1.82, 2.24) is 9.55 Å². The maximum Gasteiger partial charge on any atom is 0.254 e. The molecule has 0 saturated carbocycles. The van der Waals surface area contributed by atoms with Gasteiger partial charge in [-0.05, 0) is 23.7 Å². The summed E-state index contributed by atoms with van der Waals surface area (Å²) in [7, 11) is 3.16. The molecule has 5 heteroatoms. The van der Waals surface area contributed by atoms with Crippen LogP contribution in [-0.2, 0) is 7.05 Å². The van der Waals surface area contributed by atoms with Crippen molar-refractivity contribution in [2.24, 2.45) is 7.05 Å². The first-order valence-corrected chi connectivity index (χ1v) is 5.37. The second-order valence-electron chi connectivity index (χ2n) is 3.54. The first-order chi connectivity index (χ1) is 8.11. The first kappa shape index (κ1) is 11.7. The summed E-state index contributed by atoms with van der Waals surface area (Å²) in [6, 6.07) is 8.76. The molecule has 0 atom stereocenters. The van der Waals surface area contributed by atoms with Crippen molar-refractivity contribution < 1.29 is 4.74 Å². The molecule has 0 bridgehead atoms. The van der Waals surface area contributed by atoms with Crippen LogP contribution in [-0.4, -0.2) is 16.7 Å². The van der Waals surface area contributed by atoms with E-state index in [4.69, 9.17) is 16.3 Å². The normalized spacial score (nSPS) is 10.3.